The zero-order valence-corrected chi connectivity index (χ0v) is 13.1. The van der Waals surface area contributed by atoms with E-state index in [1.54, 1.807) is 23.9 Å². The first kappa shape index (κ1) is 16.6. The van der Waals surface area contributed by atoms with Gasteiger partial charge in [0.2, 0.25) is 0 Å². The van der Waals surface area contributed by atoms with Gasteiger partial charge in [-0.25, -0.2) is 0 Å². The van der Waals surface area contributed by atoms with Crippen LogP contribution in [0.5, 0.6) is 0 Å². The third-order valence-corrected chi connectivity index (χ3v) is 4.36. The van der Waals surface area contributed by atoms with E-state index in [0.717, 1.165) is 23.7 Å². The van der Waals surface area contributed by atoms with Crippen LogP contribution in [-0.4, -0.2) is 41.4 Å². The Bertz CT molecular complexity index is 429. The molecule has 0 atom stereocenters. The molecule has 0 aliphatic heterocycles. The predicted molar refractivity (Wildman–Crippen MR) is 81.6 cm³/mol. The standard InChI is InChI=1S/C13H17Cl2NO2S/c1-2-16(6-5-13(17)18)7-8-19-12-9-10(14)3-4-11(12)15/h3-4,9H,2,5-8H2,1H3,(H,17,18). The quantitative estimate of drug-likeness (QED) is 0.737. The van der Waals surface area contributed by atoms with E-state index in [-0.39, 0.29) is 6.42 Å². The molecule has 6 heteroatoms. The summed E-state index contributed by atoms with van der Waals surface area (Å²) in [5.74, 6) is 0.0945. The number of carboxylic acids is 1. The Morgan fingerprint density at radius 1 is 1.37 bits per heavy atom. The number of hydrogen-bond donors (Lipinski definition) is 1. The van der Waals surface area contributed by atoms with Crippen molar-refractivity contribution in [1.29, 1.82) is 0 Å². The predicted octanol–water partition coefficient (Wildman–Crippen LogP) is 3.88. The van der Waals surface area contributed by atoms with Gasteiger partial charge in [-0.15, -0.1) is 11.8 Å². The van der Waals surface area contributed by atoms with E-state index in [1.807, 2.05) is 13.0 Å². The Hall–Kier alpha value is -0.420. The van der Waals surface area contributed by atoms with Crippen molar-refractivity contribution in [2.45, 2.75) is 18.2 Å². The van der Waals surface area contributed by atoms with Gasteiger partial charge in [0, 0.05) is 28.8 Å². The highest BCUT2D eigenvalue weighted by Crippen LogP contribution is 2.29. The van der Waals surface area contributed by atoms with Gasteiger partial charge >= 0.3 is 5.97 Å². The highest BCUT2D eigenvalue weighted by Gasteiger charge is 2.07. The maximum absolute atomic E-state index is 10.5. The van der Waals surface area contributed by atoms with Crippen molar-refractivity contribution in [3.05, 3.63) is 28.2 Å². The number of halogens is 2. The van der Waals surface area contributed by atoms with Crippen LogP contribution in [0.15, 0.2) is 23.1 Å². The summed E-state index contributed by atoms with van der Waals surface area (Å²) in [6.07, 6.45) is 0.177. The summed E-state index contributed by atoms with van der Waals surface area (Å²) in [6.45, 7) is 4.28. The van der Waals surface area contributed by atoms with Gasteiger partial charge in [0.05, 0.1) is 11.4 Å². The molecule has 0 saturated heterocycles. The van der Waals surface area contributed by atoms with E-state index in [2.05, 4.69) is 4.90 Å². The van der Waals surface area contributed by atoms with Crippen LogP contribution in [-0.2, 0) is 4.79 Å². The van der Waals surface area contributed by atoms with Gasteiger partial charge in [-0.2, -0.15) is 0 Å². The van der Waals surface area contributed by atoms with Crippen molar-refractivity contribution in [2.75, 3.05) is 25.4 Å². The maximum atomic E-state index is 10.5. The molecule has 0 unspecified atom stereocenters. The van der Waals surface area contributed by atoms with E-state index < -0.39 is 5.97 Å². The highest BCUT2D eigenvalue weighted by atomic mass is 35.5. The van der Waals surface area contributed by atoms with Gasteiger partial charge in [-0.1, -0.05) is 30.1 Å². The molecule has 1 N–H and O–H groups in total. The minimum absolute atomic E-state index is 0.177. The molecule has 0 spiro atoms. The molecule has 3 nitrogen and oxygen atoms in total. The second kappa shape index (κ2) is 8.69. The van der Waals surface area contributed by atoms with Gasteiger partial charge in [0.1, 0.15) is 0 Å². The lowest BCUT2D eigenvalue weighted by atomic mass is 10.4. The monoisotopic (exact) mass is 321 g/mol. The fraction of sp³-hybridized carbons (Fsp3) is 0.462. The normalized spacial score (nSPS) is 10.9. The number of aliphatic carboxylic acids is 1. The molecular weight excluding hydrogens is 305 g/mol. The van der Waals surface area contributed by atoms with Crippen molar-refractivity contribution in [3.8, 4) is 0 Å². The van der Waals surface area contributed by atoms with Gasteiger partial charge in [-0.05, 0) is 24.7 Å². The Morgan fingerprint density at radius 3 is 2.74 bits per heavy atom. The van der Waals surface area contributed by atoms with E-state index in [9.17, 15) is 4.79 Å². The molecule has 19 heavy (non-hydrogen) atoms. The minimum atomic E-state index is -0.760. The molecule has 0 amide bonds. The number of hydrogen-bond acceptors (Lipinski definition) is 3. The number of carbonyl (C=O) groups is 1. The molecule has 106 valence electrons. The zero-order valence-electron chi connectivity index (χ0n) is 10.7. The van der Waals surface area contributed by atoms with Crippen molar-refractivity contribution >= 4 is 40.9 Å². The van der Waals surface area contributed by atoms with Crippen LogP contribution < -0.4 is 0 Å². The minimum Gasteiger partial charge on any atom is -0.481 e. The second-order valence-corrected chi connectivity index (χ2v) is 5.98. The SMILES string of the molecule is CCN(CCSc1cc(Cl)ccc1Cl)CCC(=O)O. The molecule has 0 saturated carbocycles. The van der Waals surface area contributed by atoms with E-state index in [4.69, 9.17) is 28.3 Å². The average molecular weight is 322 g/mol. The summed E-state index contributed by atoms with van der Waals surface area (Å²) in [6, 6.07) is 5.40. The molecule has 0 aliphatic rings. The van der Waals surface area contributed by atoms with E-state index in [1.165, 1.54) is 0 Å². The maximum Gasteiger partial charge on any atom is 0.304 e. The molecule has 0 bridgehead atoms. The lowest BCUT2D eigenvalue weighted by Gasteiger charge is -2.19. The lowest BCUT2D eigenvalue weighted by molar-refractivity contribution is -0.137. The van der Waals surface area contributed by atoms with Gasteiger partial charge in [0.25, 0.3) is 0 Å². The molecule has 1 aromatic rings. The second-order valence-electron chi connectivity index (χ2n) is 4.00. The van der Waals surface area contributed by atoms with E-state index >= 15 is 0 Å². The van der Waals surface area contributed by atoms with Crippen LogP contribution in [0.2, 0.25) is 10.0 Å². The number of rotatable bonds is 8. The fourth-order valence-corrected chi connectivity index (χ4v) is 3.06. The topological polar surface area (TPSA) is 40.5 Å². The molecule has 1 aromatic carbocycles. The first-order chi connectivity index (χ1) is 9.02. The summed E-state index contributed by atoms with van der Waals surface area (Å²) >= 11 is 13.6. The van der Waals surface area contributed by atoms with Crippen LogP contribution in [0, 0.1) is 0 Å². The molecule has 0 aromatic heterocycles. The number of thioether (sulfide) groups is 1. The summed E-state index contributed by atoms with van der Waals surface area (Å²) in [7, 11) is 0. The van der Waals surface area contributed by atoms with Crippen molar-refractivity contribution < 1.29 is 9.90 Å². The Balaban J connectivity index is 2.39. The first-order valence-corrected chi connectivity index (χ1v) is 7.79. The lowest BCUT2D eigenvalue weighted by Crippen LogP contribution is -2.28. The van der Waals surface area contributed by atoms with Gasteiger partial charge in [-0.3, -0.25) is 4.79 Å². The van der Waals surface area contributed by atoms with Crippen molar-refractivity contribution in [3.63, 3.8) is 0 Å². The molecule has 1 rings (SSSR count). The van der Waals surface area contributed by atoms with Crippen LogP contribution in [0.1, 0.15) is 13.3 Å². The zero-order chi connectivity index (χ0) is 14.3. The Morgan fingerprint density at radius 2 is 2.11 bits per heavy atom. The highest BCUT2D eigenvalue weighted by molar-refractivity contribution is 7.99. The van der Waals surface area contributed by atoms with Crippen molar-refractivity contribution in [2.24, 2.45) is 0 Å². The fourth-order valence-electron chi connectivity index (χ4n) is 1.55. The summed E-state index contributed by atoms with van der Waals surface area (Å²) < 4.78 is 0. The molecule has 0 heterocycles. The Kier molecular flexibility index (Phi) is 7.61. The summed E-state index contributed by atoms with van der Waals surface area (Å²) in [4.78, 5) is 13.6. The van der Waals surface area contributed by atoms with Crippen molar-refractivity contribution in [1.82, 2.24) is 4.90 Å². The average Bonchev–Trinajstić information content (AvgIpc) is 2.37. The number of benzene rings is 1. The van der Waals surface area contributed by atoms with E-state index in [0.29, 0.717) is 16.6 Å². The van der Waals surface area contributed by atoms with Crippen LogP contribution in [0.3, 0.4) is 0 Å². The van der Waals surface area contributed by atoms with Crippen LogP contribution >= 0.6 is 35.0 Å². The first-order valence-electron chi connectivity index (χ1n) is 6.05. The van der Waals surface area contributed by atoms with Gasteiger partial charge in [0.15, 0.2) is 0 Å². The molecular formula is C13H17Cl2NO2S. The smallest absolute Gasteiger partial charge is 0.304 e. The van der Waals surface area contributed by atoms with Gasteiger partial charge < -0.3 is 10.0 Å². The molecule has 0 radical (unpaired) electrons. The summed E-state index contributed by atoms with van der Waals surface area (Å²) in [5.41, 5.74) is 0. The number of nitrogens with zero attached hydrogens (tertiary/aromatic N) is 1. The van der Waals surface area contributed by atoms with Crippen LogP contribution in [0.4, 0.5) is 0 Å². The third-order valence-electron chi connectivity index (χ3n) is 2.65. The number of carboxylic acid groups (broad SMARTS) is 1. The molecule has 0 fully saturated rings. The largest absolute Gasteiger partial charge is 0.481 e. The third kappa shape index (κ3) is 6.52. The Labute approximate surface area is 127 Å². The van der Waals surface area contributed by atoms with Crippen LogP contribution in [0.25, 0.3) is 0 Å². The summed E-state index contributed by atoms with van der Waals surface area (Å²) in [5, 5.41) is 10.0. The molecule has 0 aliphatic carbocycles.